The van der Waals surface area contributed by atoms with E-state index >= 15 is 0 Å². The molecule has 0 aliphatic carbocycles. The van der Waals surface area contributed by atoms with Crippen molar-refractivity contribution in [3.8, 4) is 11.1 Å². The van der Waals surface area contributed by atoms with Crippen molar-refractivity contribution in [2.75, 3.05) is 5.32 Å². The molecule has 98 valence electrons. The van der Waals surface area contributed by atoms with Gasteiger partial charge in [0.05, 0.1) is 0 Å². The normalized spacial score (nSPS) is 10.2. The lowest BCUT2D eigenvalue weighted by Gasteiger charge is -2.09. The molecule has 0 saturated heterocycles. The molecule has 0 aliphatic heterocycles. The van der Waals surface area contributed by atoms with Gasteiger partial charge in [0.2, 0.25) is 0 Å². The number of aryl methyl sites for hydroxylation is 1. The average Bonchev–Trinajstić information content (AvgIpc) is 2.49. The van der Waals surface area contributed by atoms with Crippen LogP contribution in [0.4, 0.5) is 11.4 Å². The highest BCUT2D eigenvalue weighted by molar-refractivity contribution is 5.71. The van der Waals surface area contributed by atoms with E-state index in [1.807, 2.05) is 18.2 Å². The Bertz CT molecular complexity index is 702. The first-order valence-corrected chi connectivity index (χ1v) is 6.80. The monoisotopic (exact) mass is 259 g/mol. The average molecular weight is 259 g/mol. The minimum atomic E-state index is 1.11. The molecule has 1 nitrogen and oxygen atoms in total. The topological polar surface area (TPSA) is 12.0 Å². The third kappa shape index (κ3) is 2.89. The second kappa shape index (κ2) is 5.62. The van der Waals surface area contributed by atoms with Gasteiger partial charge in [-0.3, -0.25) is 0 Å². The van der Waals surface area contributed by atoms with E-state index in [-0.39, 0.29) is 0 Å². The Labute approximate surface area is 119 Å². The minimum Gasteiger partial charge on any atom is -0.356 e. The molecule has 0 fully saturated rings. The molecule has 3 aromatic rings. The van der Waals surface area contributed by atoms with Crippen LogP contribution in [0, 0.1) is 6.92 Å². The standard InChI is InChI=1S/C19H17N/c1-15-7-5-8-16(13-15)17-9-6-12-19(14-17)20-18-10-3-2-4-11-18/h2-14,20H,1H3. The van der Waals surface area contributed by atoms with Crippen LogP contribution >= 0.6 is 0 Å². The zero-order valence-electron chi connectivity index (χ0n) is 11.5. The first-order valence-electron chi connectivity index (χ1n) is 6.80. The van der Waals surface area contributed by atoms with Crippen molar-refractivity contribution >= 4 is 11.4 Å². The Hall–Kier alpha value is -2.54. The summed E-state index contributed by atoms with van der Waals surface area (Å²) in [6, 6.07) is 27.3. The Morgan fingerprint density at radius 3 is 2.00 bits per heavy atom. The molecule has 0 bridgehead atoms. The maximum atomic E-state index is 3.43. The number of para-hydroxylation sites is 1. The summed E-state index contributed by atoms with van der Waals surface area (Å²) < 4.78 is 0. The maximum Gasteiger partial charge on any atom is 0.0390 e. The molecule has 3 aromatic carbocycles. The minimum absolute atomic E-state index is 1.11. The summed E-state index contributed by atoms with van der Waals surface area (Å²) in [4.78, 5) is 0. The second-order valence-electron chi connectivity index (χ2n) is 4.94. The van der Waals surface area contributed by atoms with Gasteiger partial charge in [-0.05, 0) is 42.3 Å². The van der Waals surface area contributed by atoms with E-state index in [1.54, 1.807) is 0 Å². The van der Waals surface area contributed by atoms with Crippen LogP contribution in [0.1, 0.15) is 5.56 Å². The van der Waals surface area contributed by atoms with Crippen molar-refractivity contribution < 1.29 is 0 Å². The molecule has 0 heterocycles. The Balaban J connectivity index is 1.90. The van der Waals surface area contributed by atoms with Gasteiger partial charge < -0.3 is 5.32 Å². The lowest BCUT2D eigenvalue weighted by molar-refractivity contribution is 1.46. The van der Waals surface area contributed by atoms with E-state index in [0.717, 1.165) is 11.4 Å². The van der Waals surface area contributed by atoms with Gasteiger partial charge in [-0.15, -0.1) is 0 Å². The van der Waals surface area contributed by atoms with E-state index in [9.17, 15) is 0 Å². The summed E-state index contributed by atoms with van der Waals surface area (Å²) in [7, 11) is 0. The van der Waals surface area contributed by atoms with Crippen LogP contribution in [0.5, 0.6) is 0 Å². The molecule has 0 saturated carbocycles. The summed E-state index contributed by atoms with van der Waals surface area (Å²) in [5.41, 5.74) is 5.98. The molecule has 1 N–H and O–H groups in total. The van der Waals surface area contributed by atoms with Crippen LogP contribution in [0.15, 0.2) is 78.9 Å². The first kappa shape index (κ1) is 12.5. The summed E-state index contributed by atoms with van der Waals surface area (Å²) in [6.07, 6.45) is 0. The van der Waals surface area contributed by atoms with Gasteiger partial charge in [-0.1, -0.05) is 60.2 Å². The van der Waals surface area contributed by atoms with E-state index in [1.165, 1.54) is 16.7 Å². The van der Waals surface area contributed by atoms with Crippen LogP contribution in [0.25, 0.3) is 11.1 Å². The van der Waals surface area contributed by atoms with Gasteiger partial charge in [0, 0.05) is 11.4 Å². The molecule has 0 aromatic heterocycles. The molecular formula is C19H17N. The fourth-order valence-corrected chi connectivity index (χ4v) is 2.29. The zero-order chi connectivity index (χ0) is 13.8. The summed E-state index contributed by atoms with van der Waals surface area (Å²) in [5, 5.41) is 3.43. The van der Waals surface area contributed by atoms with Gasteiger partial charge in [0.1, 0.15) is 0 Å². The Morgan fingerprint density at radius 2 is 1.25 bits per heavy atom. The highest BCUT2D eigenvalue weighted by Crippen LogP contribution is 2.25. The van der Waals surface area contributed by atoms with Crippen molar-refractivity contribution in [2.45, 2.75) is 6.92 Å². The molecule has 0 aliphatic rings. The number of anilines is 2. The Morgan fingerprint density at radius 1 is 0.600 bits per heavy atom. The highest BCUT2D eigenvalue weighted by atomic mass is 14.9. The molecular weight excluding hydrogens is 242 g/mol. The van der Waals surface area contributed by atoms with Crippen LogP contribution in [-0.2, 0) is 0 Å². The predicted octanol–water partition coefficient (Wildman–Crippen LogP) is 5.41. The number of rotatable bonds is 3. The van der Waals surface area contributed by atoms with Crippen LogP contribution in [-0.4, -0.2) is 0 Å². The fraction of sp³-hybridized carbons (Fsp3) is 0.0526. The van der Waals surface area contributed by atoms with E-state index in [4.69, 9.17) is 0 Å². The van der Waals surface area contributed by atoms with Gasteiger partial charge in [0.25, 0.3) is 0 Å². The zero-order valence-corrected chi connectivity index (χ0v) is 11.5. The van der Waals surface area contributed by atoms with Crippen molar-refractivity contribution in [2.24, 2.45) is 0 Å². The lowest BCUT2D eigenvalue weighted by atomic mass is 10.0. The molecule has 3 rings (SSSR count). The number of nitrogens with one attached hydrogen (secondary N) is 1. The van der Waals surface area contributed by atoms with Crippen molar-refractivity contribution in [1.29, 1.82) is 0 Å². The van der Waals surface area contributed by atoms with Crippen molar-refractivity contribution in [3.63, 3.8) is 0 Å². The first-order chi connectivity index (χ1) is 9.81. The molecule has 0 unspecified atom stereocenters. The number of benzene rings is 3. The van der Waals surface area contributed by atoms with Gasteiger partial charge >= 0.3 is 0 Å². The molecule has 1 heteroatoms. The van der Waals surface area contributed by atoms with Crippen molar-refractivity contribution in [3.05, 3.63) is 84.4 Å². The SMILES string of the molecule is Cc1cccc(-c2cccc(Nc3ccccc3)c2)c1. The largest absolute Gasteiger partial charge is 0.356 e. The molecule has 0 atom stereocenters. The number of hydrogen-bond donors (Lipinski definition) is 1. The molecule has 0 spiro atoms. The lowest BCUT2D eigenvalue weighted by Crippen LogP contribution is -1.90. The molecule has 20 heavy (non-hydrogen) atoms. The van der Waals surface area contributed by atoms with Gasteiger partial charge in [-0.25, -0.2) is 0 Å². The predicted molar refractivity (Wildman–Crippen MR) is 86.3 cm³/mol. The Kier molecular flexibility index (Phi) is 3.51. The van der Waals surface area contributed by atoms with E-state index in [2.05, 4.69) is 72.9 Å². The van der Waals surface area contributed by atoms with Crippen LogP contribution in [0.2, 0.25) is 0 Å². The van der Waals surface area contributed by atoms with Crippen molar-refractivity contribution in [1.82, 2.24) is 0 Å². The van der Waals surface area contributed by atoms with Crippen LogP contribution < -0.4 is 5.32 Å². The number of hydrogen-bond acceptors (Lipinski definition) is 1. The van der Waals surface area contributed by atoms with E-state index in [0.29, 0.717) is 0 Å². The summed E-state index contributed by atoms with van der Waals surface area (Å²) >= 11 is 0. The second-order valence-corrected chi connectivity index (χ2v) is 4.94. The highest BCUT2D eigenvalue weighted by Gasteiger charge is 2.00. The summed E-state index contributed by atoms with van der Waals surface area (Å²) in [5.74, 6) is 0. The third-order valence-electron chi connectivity index (χ3n) is 3.28. The fourth-order valence-electron chi connectivity index (χ4n) is 2.29. The molecule has 0 radical (unpaired) electrons. The van der Waals surface area contributed by atoms with Crippen LogP contribution in [0.3, 0.4) is 0 Å². The van der Waals surface area contributed by atoms with Gasteiger partial charge in [0.15, 0.2) is 0 Å². The smallest absolute Gasteiger partial charge is 0.0390 e. The quantitative estimate of drug-likeness (QED) is 0.663. The molecule has 0 amide bonds. The van der Waals surface area contributed by atoms with E-state index < -0.39 is 0 Å². The summed E-state index contributed by atoms with van der Waals surface area (Å²) in [6.45, 7) is 2.12. The maximum absolute atomic E-state index is 3.43. The third-order valence-corrected chi connectivity index (χ3v) is 3.28. The van der Waals surface area contributed by atoms with Gasteiger partial charge in [-0.2, -0.15) is 0 Å².